The molecular formula is C14H13ClO3. The molecule has 0 unspecified atom stereocenters. The van der Waals surface area contributed by atoms with E-state index in [0.29, 0.717) is 28.7 Å². The molecule has 0 atom stereocenters. The van der Waals surface area contributed by atoms with Crippen LogP contribution in [0.1, 0.15) is 23.0 Å². The molecule has 0 aliphatic rings. The van der Waals surface area contributed by atoms with Gasteiger partial charge in [-0.25, -0.2) is 4.79 Å². The Bertz CT molecular complexity index is 572. The third-order valence-electron chi connectivity index (χ3n) is 2.44. The van der Waals surface area contributed by atoms with Gasteiger partial charge in [0.1, 0.15) is 17.1 Å². The summed E-state index contributed by atoms with van der Waals surface area (Å²) < 4.78 is 10.6. The van der Waals surface area contributed by atoms with Crippen LogP contribution in [0.2, 0.25) is 5.02 Å². The predicted molar refractivity (Wildman–Crippen MR) is 69.8 cm³/mol. The highest BCUT2D eigenvalue weighted by Gasteiger charge is 2.19. The van der Waals surface area contributed by atoms with Crippen LogP contribution in [-0.2, 0) is 4.74 Å². The van der Waals surface area contributed by atoms with Gasteiger partial charge in [-0.3, -0.25) is 0 Å². The number of furan rings is 1. The van der Waals surface area contributed by atoms with Crippen molar-refractivity contribution in [3.05, 3.63) is 46.7 Å². The zero-order valence-electron chi connectivity index (χ0n) is 10.2. The molecule has 2 rings (SSSR count). The Morgan fingerprint density at radius 3 is 2.83 bits per heavy atom. The molecule has 1 aromatic carbocycles. The summed E-state index contributed by atoms with van der Waals surface area (Å²) in [5.41, 5.74) is 1.19. The second-order valence-electron chi connectivity index (χ2n) is 3.83. The first-order valence-electron chi connectivity index (χ1n) is 5.65. The van der Waals surface area contributed by atoms with Crippen molar-refractivity contribution >= 4 is 17.6 Å². The smallest absolute Gasteiger partial charge is 0.342 e. The molecule has 0 spiro atoms. The Hall–Kier alpha value is -1.74. The minimum atomic E-state index is -0.385. The molecule has 0 aliphatic carbocycles. The first-order chi connectivity index (χ1) is 8.61. The lowest BCUT2D eigenvalue weighted by atomic mass is 10.1. The van der Waals surface area contributed by atoms with E-state index >= 15 is 0 Å². The fourth-order valence-electron chi connectivity index (χ4n) is 1.72. The van der Waals surface area contributed by atoms with Crippen LogP contribution in [0.5, 0.6) is 0 Å². The van der Waals surface area contributed by atoms with E-state index in [4.69, 9.17) is 20.8 Å². The summed E-state index contributed by atoms with van der Waals surface area (Å²) in [5, 5.41) is 0.594. The maximum atomic E-state index is 11.8. The summed E-state index contributed by atoms with van der Waals surface area (Å²) in [5.74, 6) is 0.769. The quantitative estimate of drug-likeness (QED) is 0.784. The molecule has 0 N–H and O–H groups in total. The number of aryl methyl sites for hydroxylation is 1. The average molecular weight is 265 g/mol. The van der Waals surface area contributed by atoms with Gasteiger partial charge in [0, 0.05) is 10.6 Å². The van der Waals surface area contributed by atoms with E-state index in [1.807, 2.05) is 12.1 Å². The second kappa shape index (κ2) is 5.27. The molecule has 0 radical (unpaired) electrons. The number of hydrogen-bond acceptors (Lipinski definition) is 3. The average Bonchev–Trinajstić information content (AvgIpc) is 2.72. The summed E-state index contributed by atoms with van der Waals surface area (Å²) in [6.07, 6.45) is 0. The Morgan fingerprint density at radius 2 is 2.17 bits per heavy atom. The Kier molecular flexibility index (Phi) is 3.72. The zero-order valence-corrected chi connectivity index (χ0v) is 11.0. The molecule has 0 bridgehead atoms. The zero-order chi connectivity index (χ0) is 13.1. The van der Waals surface area contributed by atoms with Crippen LogP contribution in [0.25, 0.3) is 11.3 Å². The molecule has 0 saturated heterocycles. The van der Waals surface area contributed by atoms with Crippen LogP contribution in [0, 0.1) is 6.92 Å². The summed E-state index contributed by atoms with van der Waals surface area (Å²) in [6.45, 7) is 3.89. The maximum absolute atomic E-state index is 11.8. The summed E-state index contributed by atoms with van der Waals surface area (Å²) in [6, 6.07) is 8.85. The van der Waals surface area contributed by atoms with E-state index in [-0.39, 0.29) is 5.97 Å². The van der Waals surface area contributed by atoms with E-state index in [0.717, 1.165) is 5.56 Å². The Balaban J connectivity index is 2.47. The van der Waals surface area contributed by atoms with Crippen LogP contribution in [0.4, 0.5) is 0 Å². The van der Waals surface area contributed by atoms with Crippen molar-refractivity contribution in [1.82, 2.24) is 0 Å². The molecule has 0 amide bonds. The topological polar surface area (TPSA) is 39.4 Å². The first kappa shape index (κ1) is 12.7. The number of carbonyl (C=O) groups excluding carboxylic acids is 1. The molecule has 3 nitrogen and oxygen atoms in total. The highest BCUT2D eigenvalue weighted by atomic mass is 35.5. The van der Waals surface area contributed by atoms with Gasteiger partial charge in [0.2, 0.25) is 0 Å². The lowest BCUT2D eigenvalue weighted by Gasteiger charge is -2.03. The van der Waals surface area contributed by atoms with Crippen LogP contribution in [0.3, 0.4) is 0 Å². The summed E-state index contributed by atoms with van der Waals surface area (Å²) in [4.78, 5) is 11.8. The van der Waals surface area contributed by atoms with Crippen molar-refractivity contribution in [1.29, 1.82) is 0 Å². The van der Waals surface area contributed by atoms with Crippen LogP contribution in [-0.4, -0.2) is 12.6 Å². The SMILES string of the molecule is CCOC(=O)c1cc(C)oc1-c1cccc(Cl)c1. The largest absolute Gasteiger partial charge is 0.462 e. The lowest BCUT2D eigenvalue weighted by molar-refractivity contribution is 0.0527. The van der Waals surface area contributed by atoms with Gasteiger partial charge in [0.05, 0.1) is 6.61 Å². The van der Waals surface area contributed by atoms with E-state index in [1.165, 1.54) is 0 Å². The van der Waals surface area contributed by atoms with Crippen LogP contribution in [0.15, 0.2) is 34.7 Å². The number of esters is 1. The van der Waals surface area contributed by atoms with Gasteiger partial charge in [0.15, 0.2) is 0 Å². The molecule has 1 heterocycles. The van der Waals surface area contributed by atoms with Crippen LogP contribution >= 0.6 is 11.6 Å². The van der Waals surface area contributed by atoms with Crippen molar-refractivity contribution in [2.75, 3.05) is 6.61 Å². The molecule has 0 saturated carbocycles. The fraction of sp³-hybridized carbons (Fsp3) is 0.214. The van der Waals surface area contributed by atoms with Gasteiger partial charge >= 0.3 is 5.97 Å². The van der Waals surface area contributed by atoms with E-state index in [1.54, 1.807) is 32.0 Å². The van der Waals surface area contributed by atoms with Crippen molar-refractivity contribution < 1.29 is 13.9 Å². The molecule has 18 heavy (non-hydrogen) atoms. The molecular weight excluding hydrogens is 252 g/mol. The Labute approximate surface area is 110 Å². The van der Waals surface area contributed by atoms with Gasteiger partial charge in [-0.1, -0.05) is 23.7 Å². The standard InChI is InChI=1S/C14H13ClO3/c1-3-17-14(16)12-7-9(2)18-13(12)10-5-4-6-11(15)8-10/h4-8H,3H2,1-2H3. The number of carbonyl (C=O) groups is 1. The predicted octanol–water partition coefficient (Wildman–Crippen LogP) is 4.09. The summed E-state index contributed by atoms with van der Waals surface area (Å²) >= 11 is 5.94. The lowest BCUT2D eigenvalue weighted by Crippen LogP contribution is -2.04. The van der Waals surface area contributed by atoms with E-state index in [2.05, 4.69) is 0 Å². The minimum absolute atomic E-state index is 0.331. The third kappa shape index (κ3) is 2.57. The van der Waals surface area contributed by atoms with E-state index in [9.17, 15) is 4.79 Å². The van der Waals surface area contributed by atoms with Gasteiger partial charge in [-0.2, -0.15) is 0 Å². The number of rotatable bonds is 3. The maximum Gasteiger partial charge on any atom is 0.342 e. The normalized spacial score (nSPS) is 10.4. The number of benzene rings is 1. The number of hydrogen-bond donors (Lipinski definition) is 0. The first-order valence-corrected chi connectivity index (χ1v) is 6.03. The molecule has 94 valence electrons. The molecule has 1 aromatic heterocycles. The van der Waals surface area contributed by atoms with Crippen molar-refractivity contribution in [2.45, 2.75) is 13.8 Å². The molecule has 0 aliphatic heterocycles. The second-order valence-corrected chi connectivity index (χ2v) is 4.27. The molecule has 2 aromatic rings. The minimum Gasteiger partial charge on any atom is -0.462 e. The van der Waals surface area contributed by atoms with Crippen molar-refractivity contribution in [3.63, 3.8) is 0 Å². The molecule has 4 heteroatoms. The van der Waals surface area contributed by atoms with Crippen LogP contribution < -0.4 is 0 Å². The van der Waals surface area contributed by atoms with Gasteiger partial charge in [-0.15, -0.1) is 0 Å². The highest BCUT2D eigenvalue weighted by molar-refractivity contribution is 6.30. The van der Waals surface area contributed by atoms with Gasteiger partial charge in [-0.05, 0) is 32.0 Å². The van der Waals surface area contributed by atoms with Crippen molar-refractivity contribution in [3.8, 4) is 11.3 Å². The number of halogens is 1. The van der Waals surface area contributed by atoms with Gasteiger partial charge < -0.3 is 9.15 Å². The third-order valence-corrected chi connectivity index (χ3v) is 2.67. The van der Waals surface area contributed by atoms with Gasteiger partial charge in [0.25, 0.3) is 0 Å². The molecule has 0 fully saturated rings. The Morgan fingerprint density at radius 1 is 1.39 bits per heavy atom. The van der Waals surface area contributed by atoms with E-state index < -0.39 is 0 Å². The highest BCUT2D eigenvalue weighted by Crippen LogP contribution is 2.29. The van der Waals surface area contributed by atoms with Crippen molar-refractivity contribution in [2.24, 2.45) is 0 Å². The fourth-order valence-corrected chi connectivity index (χ4v) is 1.91. The number of ether oxygens (including phenoxy) is 1. The monoisotopic (exact) mass is 264 g/mol. The summed E-state index contributed by atoms with van der Waals surface area (Å²) in [7, 11) is 0.